The molecule has 0 saturated heterocycles. The molecule has 0 aromatic heterocycles. The number of carbonyl (C=O) groups is 2. The number of ether oxygens (including phenoxy) is 2. The third-order valence-electron chi connectivity index (χ3n) is 6.97. The van der Waals surface area contributed by atoms with E-state index in [1.165, 1.54) is 31.7 Å². The molecule has 0 radical (unpaired) electrons. The summed E-state index contributed by atoms with van der Waals surface area (Å²) in [5.74, 6) is 0.217. The molecule has 12 heteroatoms. The molecular weight excluding hydrogens is 605 g/mol. The van der Waals surface area contributed by atoms with Crippen molar-refractivity contribution in [3.63, 3.8) is 0 Å². The van der Waals surface area contributed by atoms with E-state index in [-0.39, 0.29) is 24.9 Å². The number of unbranched alkanes of at least 4 members (excludes halogenated alkanes) is 1. The van der Waals surface area contributed by atoms with E-state index < -0.39 is 28.8 Å². The number of nitrogens with one attached hydrogen (secondary N) is 1. The Morgan fingerprint density at radius 1 is 1.04 bits per heavy atom. The molecule has 0 bridgehead atoms. The van der Waals surface area contributed by atoms with Crippen LogP contribution in [0.4, 0.5) is 13.2 Å². The van der Waals surface area contributed by atoms with Crippen LogP contribution in [-0.2, 0) is 38.6 Å². The largest absolute Gasteiger partial charge is 0.493 e. The molecule has 46 heavy (non-hydrogen) atoms. The van der Waals surface area contributed by atoms with E-state index in [1.807, 2.05) is 19.1 Å². The standard InChI is InChI=1S/C18H24N2O6.C16H19F3O/c1-3-4-5-6-10-17(21)19-14(2)18(22)25-12-15-8-7-9-16(11-15)13-26-20(23)24;17-16(18,19)14-9-5-10-15(12-14)20-11-4-3-8-13-6-1-2-7-13/h3-4,7-9,11,14H,5-6,10,12-13H2,1-2H3,(H,19,21);3,5,8-10,12-13H,1-2,4,6-7,11H2/b4-3-;8-3+. The van der Waals surface area contributed by atoms with Gasteiger partial charge < -0.3 is 19.6 Å². The first kappa shape index (κ1) is 37.8. The number of amides is 1. The maximum absolute atomic E-state index is 12.5. The number of hydrogen-bond acceptors (Lipinski definition) is 7. The molecule has 2 aromatic rings. The minimum atomic E-state index is -4.32. The Hall–Kier alpha value is -4.35. The van der Waals surface area contributed by atoms with Gasteiger partial charge in [-0.2, -0.15) is 13.2 Å². The summed E-state index contributed by atoms with van der Waals surface area (Å²) in [4.78, 5) is 38.2. The van der Waals surface area contributed by atoms with E-state index in [0.29, 0.717) is 30.1 Å². The SMILES string of the molecule is C/C=C\CCCC(=O)NC(C)C(=O)OCc1cccc(CO[N+](=O)[O-])c1.FC(F)(F)c1cccc(OCC/C=C/C2CCCC2)c1. The van der Waals surface area contributed by atoms with E-state index >= 15 is 0 Å². The highest BCUT2D eigenvalue weighted by atomic mass is 19.4. The molecule has 1 saturated carbocycles. The van der Waals surface area contributed by atoms with E-state index in [2.05, 4.69) is 22.3 Å². The Labute approximate surface area is 267 Å². The van der Waals surface area contributed by atoms with Gasteiger partial charge in [-0.3, -0.25) is 4.79 Å². The van der Waals surface area contributed by atoms with Crippen LogP contribution in [-0.4, -0.2) is 29.6 Å². The van der Waals surface area contributed by atoms with Crippen LogP contribution in [0.3, 0.4) is 0 Å². The highest BCUT2D eigenvalue weighted by Crippen LogP contribution is 2.31. The molecule has 3 rings (SSSR count). The van der Waals surface area contributed by atoms with Gasteiger partial charge in [0.1, 0.15) is 25.0 Å². The number of nitrogens with zero attached hydrogens (tertiary/aromatic N) is 1. The van der Waals surface area contributed by atoms with Gasteiger partial charge in [-0.05, 0) is 81.2 Å². The van der Waals surface area contributed by atoms with Crippen molar-refractivity contribution in [3.05, 3.63) is 99.6 Å². The number of benzene rings is 2. The molecule has 1 N–H and O–H groups in total. The van der Waals surface area contributed by atoms with Gasteiger partial charge in [0.15, 0.2) is 0 Å². The van der Waals surface area contributed by atoms with Crippen molar-refractivity contribution < 1.29 is 42.2 Å². The maximum Gasteiger partial charge on any atom is 0.416 e. The number of alkyl halides is 3. The fraction of sp³-hybridized carbons (Fsp3) is 0.471. The van der Waals surface area contributed by atoms with Gasteiger partial charge >= 0.3 is 12.1 Å². The lowest BCUT2D eigenvalue weighted by atomic mass is 10.1. The van der Waals surface area contributed by atoms with Gasteiger partial charge in [0.05, 0.1) is 12.2 Å². The summed E-state index contributed by atoms with van der Waals surface area (Å²) < 4.78 is 48.1. The average molecular weight is 649 g/mol. The van der Waals surface area contributed by atoms with Crippen molar-refractivity contribution in [3.8, 4) is 5.75 Å². The average Bonchev–Trinajstić information content (AvgIpc) is 3.55. The summed E-state index contributed by atoms with van der Waals surface area (Å²) in [5, 5.41) is 11.9. The van der Waals surface area contributed by atoms with Crippen LogP contribution < -0.4 is 10.1 Å². The summed E-state index contributed by atoms with van der Waals surface area (Å²) in [5.41, 5.74) is 0.599. The highest BCUT2D eigenvalue weighted by Gasteiger charge is 2.30. The van der Waals surface area contributed by atoms with Crippen molar-refractivity contribution in [2.24, 2.45) is 5.92 Å². The van der Waals surface area contributed by atoms with Crippen molar-refractivity contribution in [2.75, 3.05) is 6.61 Å². The molecular formula is C34H43F3N2O7. The molecule has 1 aliphatic rings. The lowest BCUT2D eigenvalue weighted by Gasteiger charge is -2.13. The van der Waals surface area contributed by atoms with Crippen molar-refractivity contribution in [1.29, 1.82) is 0 Å². The van der Waals surface area contributed by atoms with Gasteiger partial charge in [0, 0.05) is 6.42 Å². The van der Waals surface area contributed by atoms with Gasteiger partial charge in [-0.1, -0.05) is 67.5 Å². The molecule has 9 nitrogen and oxygen atoms in total. The zero-order valence-electron chi connectivity index (χ0n) is 26.3. The minimum Gasteiger partial charge on any atom is -0.493 e. The molecule has 1 unspecified atom stereocenters. The Balaban J connectivity index is 0.000000330. The smallest absolute Gasteiger partial charge is 0.416 e. The molecule has 0 aliphatic heterocycles. The second kappa shape index (κ2) is 20.6. The molecule has 1 fully saturated rings. The first-order valence-electron chi connectivity index (χ1n) is 15.4. The van der Waals surface area contributed by atoms with Crippen LogP contribution in [0.25, 0.3) is 0 Å². The zero-order chi connectivity index (χ0) is 33.8. The highest BCUT2D eigenvalue weighted by molar-refractivity contribution is 5.84. The monoisotopic (exact) mass is 648 g/mol. The molecule has 1 atom stereocenters. The predicted molar refractivity (Wildman–Crippen MR) is 167 cm³/mol. The molecule has 252 valence electrons. The summed E-state index contributed by atoms with van der Waals surface area (Å²) >= 11 is 0. The van der Waals surface area contributed by atoms with Gasteiger partial charge in [0.25, 0.3) is 5.09 Å². The number of carbonyl (C=O) groups excluding carboxylic acids is 2. The Kier molecular flexibility index (Phi) is 17.0. The summed E-state index contributed by atoms with van der Waals surface area (Å²) in [6, 6.07) is 11.0. The van der Waals surface area contributed by atoms with Gasteiger partial charge in [-0.25, -0.2) is 4.79 Å². The number of halogens is 3. The predicted octanol–water partition coefficient (Wildman–Crippen LogP) is 7.91. The quantitative estimate of drug-likeness (QED) is 0.0646. The van der Waals surface area contributed by atoms with Crippen LogP contribution in [0.2, 0.25) is 0 Å². The zero-order valence-corrected chi connectivity index (χ0v) is 26.3. The molecule has 0 heterocycles. The Bertz CT molecular complexity index is 1290. The number of hydrogen-bond donors (Lipinski definition) is 1. The fourth-order valence-corrected chi connectivity index (χ4v) is 4.58. The molecule has 0 spiro atoms. The topological polar surface area (TPSA) is 117 Å². The Morgan fingerprint density at radius 3 is 2.41 bits per heavy atom. The summed E-state index contributed by atoms with van der Waals surface area (Å²) in [6.45, 7) is 3.72. The van der Waals surface area contributed by atoms with E-state index in [4.69, 9.17) is 9.47 Å². The number of rotatable bonds is 16. The van der Waals surface area contributed by atoms with E-state index in [9.17, 15) is 32.9 Å². The first-order chi connectivity index (χ1) is 22.0. The lowest BCUT2D eigenvalue weighted by molar-refractivity contribution is -0.763. The normalized spacial score (nSPS) is 14.0. The first-order valence-corrected chi connectivity index (χ1v) is 15.4. The third kappa shape index (κ3) is 16.1. The Morgan fingerprint density at radius 2 is 1.74 bits per heavy atom. The summed E-state index contributed by atoms with van der Waals surface area (Å²) in [7, 11) is 0. The van der Waals surface area contributed by atoms with E-state index in [1.54, 1.807) is 37.3 Å². The summed E-state index contributed by atoms with van der Waals surface area (Å²) in [6.07, 6.45) is 11.6. The third-order valence-corrected chi connectivity index (χ3v) is 6.97. The fourth-order valence-electron chi connectivity index (χ4n) is 4.58. The van der Waals surface area contributed by atoms with Gasteiger partial charge in [0.2, 0.25) is 5.91 Å². The van der Waals surface area contributed by atoms with Crippen LogP contribution in [0.5, 0.6) is 5.75 Å². The van der Waals surface area contributed by atoms with Crippen LogP contribution in [0, 0.1) is 16.0 Å². The van der Waals surface area contributed by atoms with Crippen LogP contribution in [0.1, 0.15) is 81.9 Å². The molecule has 2 aromatic carbocycles. The maximum atomic E-state index is 12.5. The molecule has 1 amide bonds. The van der Waals surface area contributed by atoms with Crippen molar-refractivity contribution in [2.45, 2.75) is 90.6 Å². The van der Waals surface area contributed by atoms with Crippen LogP contribution >= 0.6 is 0 Å². The number of esters is 1. The second-order valence-electron chi connectivity index (χ2n) is 10.8. The van der Waals surface area contributed by atoms with E-state index in [0.717, 1.165) is 31.4 Å². The minimum absolute atomic E-state index is 0.00659. The van der Waals surface area contributed by atoms with Crippen molar-refractivity contribution >= 4 is 11.9 Å². The second-order valence-corrected chi connectivity index (χ2v) is 10.8. The van der Waals surface area contributed by atoms with Crippen LogP contribution in [0.15, 0.2) is 72.8 Å². The lowest BCUT2D eigenvalue weighted by Crippen LogP contribution is -2.39. The van der Waals surface area contributed by atoms with Crippen molar-refractivity contribution in [1.82, 2.24) is 5.32 Å². The number of allylic oxidation sites excluding steroid dienone is 3. The molecule has 1 aliphatic carbocycles. The van der Waals surface area contributed by atoms with Gasteiger partial charge in [-0.15, -0.1) is 10.1 Å².